The van der Waals surface area contributed by atoms with Crippen LogP contribution in [0.5, 0.6) is 0 Å². The number of alkyl halides is 6. The Morgan fingerprint density at radius 1 is 1.00 bits per heavy atom. The maximum Gasteiger partial charge on any atom is 0.416 e. The molecule has 0 bridgehead atoms. The van der Waals surface area contributed by atoms with Gasteiger partial charge in [0.1, 0.15) is 0 Å². The lowest BCUT2D eigenvalue weighted by Crippen LogP contribution is -2.45. The average Bonchev–Trinajstić information content (AvgIpc) is 2.93. The standard InChI is InChI=1S/C29H36F6N6O2/c1-27(2,3)19-8-10-23(11-9-19)41(16-17-4-6-18(7-5-17)24(42)15-25(39-36)40-37)26(43)38-22-13-20(28(30,31)32)12-21(14-22)29(33,34)35/h4-7,12-14,19,23-24,36,42H,8-11,15-16,37H2,1-3H3,(H,38,43)/b39-36?,40-25-. The number of hydrazone groups is 1. The van der Waals surface area contributed by atoms with Crippen LogP contribution in [0, 0.1) is 16.9 Å². The fraction of sp³-hybridized carbons (Fsp3) is 0.517. The van der Waals surface area contributed by atoms with Crippen molar-refractivity contribution in [3.05, 3.63) is 64.7 Å². The summed E-state index contributed by atoms with van der Waals surface area (Å²) in [5.41, 5.74) is 4.51. The third kappa shape index (κ3) is 9.15. The maximum atomic E-state index is 13.5. The Labute approximate surface area is 245 Å². The van der Waals surface area contributed by atoms with E-state index in [4.69, 9.17) is 11.4 Å². The molecule has 1 saturated carbocycles. The fourth-order valence-corrected chi connectivity index (χ4v) is 5.30. The SMILES string of the molecule is CC(C)(C)C1CCC(N(Cc2ccc(C(O)C/C(N=N)=N/N)cc2)C(=O)Nc2cc(C(F)(F)F)cc(C(F)(F)F)c2)CC1. The van der Waals surface area contributed by atoms with Gasteiger partial charge in [-0.05, 0) is 66.3 Å². The van der Waals surface area contributed by atoms with E-state index in [9.17, 15) is 36.2 Å². The Kier molecular flexibility index (Phi) is 10.5. The minimum atomic E-state index is -5.05. The smallest absolute Gasteiger partial charge is 0.388 e. The van der Waals surface area contributed by atoms with E-state index in [1.54, 1.807) is 24.3 Å². The molecular formula is C29H36F6N6O2. The minimum Gasteiger partial charge on any atom is -0.388 e. The number of aliphatic hydroxyl groups excluding tert-OH is 1. The number of anilines is 1. The van der Waals surface area contributed by atoms with Gasteiger partial charge in [0.05, 0.1) is 17.2 Å². The van der Waals surface area contributed by atoms with Gasteiger partial charge in [0.15, 0.2) is 5.84 Å². The van der Waals surface area contributed by atoms with Crippen molar-refractivity contribution in [2.75, 3.05) is 5.32 Å². The highest BCUT2D eigenvalue weighted by Crippen LogP contribution is 2.40. The fourth-order valence-electron chi connectivity index (χ4n) is 5.30. The summed E-state index contributed by atoms with van der Waals surface area (Å²) < 4.78 is 80.4. The number of carbonyl (C=O) groups excluding carboxylic acids is 1. The van der Waals surface area contributed by atoms with Gasteiger partial charge in [0, 0.05) is 24.7 Å². The van der Waals surface area contributed by atoms with Gasteiger partial charge in [0.25, 0.3) is 0 Å². The molecule has 43 heavy (non-hydrogen) atoms. The number of carbonyl (C=O) groups is 1. The number of hydrogen-bond donors (Lipinski definition) is 4. The molecule has 0 aromatic heterocycles. The molecular weight excluding hydrogens is 578 g/mol. The Bertz CT molecular complexity index is 1260. The van der Waals surface area contributed by atoms with Gasteiger partial charge in [-0.25, -0.2) is 10.3 Å². The molecule has 8 nitrogen and oxygen atoms in total. The van der Waals surface area contributed by atoms with Gasteiger partial charge in [0.2, 0.25) is 0 Å². The molecule has 1 unspecified atom stereocenters. The molecule has 0 spiro atoms. The van der Waals surface area contributed by atoms with Crippen LogP contribution in [0.1, 0.15) is 81.2 Å². The normalized spacial score (nSPS) is 19.1. The second kappa shape index (κ2) is 13.3. The van der Waals surface area contributed by atoms with Crippen molar-refractivity contribution in [3.8, 4) is 0 Å². The Hall–Kier alpha value is -3.68. The van der Waals surface area contributed by atoms with Crippen molar-refractivity contribution in [2.24, 2.45) is 27.4 Å². The molecule has 0 radical (unpaired) electrons. The van der Waals surface area contributed by atoms with Crippen LogP contribution < -0.4 is 11.2 Å². The number of amides is 2. The highest BCUT2D eigenvalue weighted by Gasteiger charge is 2.38. The van der Waals surface area contributed by atoms with Crippen LogP contribution >= 0.6 is 0 Å². The van der Waals surface area contributed by atoms with E-state index >= 15 is 0 Å². The number of halogens is 6. The number of hydrogen-bond acceptors (Lipinski definition) is 5. The first-order chi connectivity index (χ1) is 19.9. The van der Waals surface area contributed by atoms with Gasteiger partial charge < -0.3 is 21.2 Å². The average molecular weight is 615 g/mol. The number of nitrogens with zero attached hydrogens (tertiary/aromatic N) is 3. The molecule has 0 aliphatic heterocycles. The summed E-state index contributed by atoms with van der Waals surface area (Å²) >= 11 is 0. The molecule has 3 rings (SSSR count). The molecule has 0 heterocycles. The molecule has 0 saturated heterocycles. The number of rotatable bonds is 7. The van der Waals surface area contributed by atoms with Crippen molar-refractivity contribution < 1.29 is 36.2 Å². The lowest BCUT2D eigenvalue weighted by atomic mass is 9.71. The van der Waals surface area contributed by atoms with Crippen LogP contribution in [0.3, 0.4) is 0 Å². The monoisotopic (exact) mass is 614 g/mol. The van der Waals surface area contributed by atoms with Crippen LogP contribution in [-0.2, 0) is 18.9 Å². The van der Waals surface area contributed by atoms with E-state index in [-0.39, 0.29) is 36.3 Å². The van der Waals surface area contributed by atoms with Crippen LogP contribution in [0.15, 0.2) is 52.7 Å². The molecule has 1 fully saturated rings. The second-order valence-corrected chi connectivity index (χ2v) is 11.8. The quantitative estimate of drug-likeness (QED) is 0.0629. The van der Waals surface area contributed by atoms with Gasteiger partial charge in [-0.15, -0.1) is 5.11 Å². The lowest BCUT2D eigenvalue weighted by Gasteiger charge is -2.41. The molecule has 1 atom stereocenters. The first kappa shape index (κ1) is 33.8. The van der Waals surface area contributed by atoms with Gasteiger partial charge in [-0.2, -0.15) is 31.4 Å². The zero-order valence-corrected chi connectivity index (χ0v) is 24.1. The lowest BCUT2D eigenvalue weighted by molar-refractivity contribution is -0.143. The topological polar surface area (TPSA) is 127 Å². The summed E-state index contributed by atoms with van der Waals surface area (Å²) in [6.07, 6.45) is -8.43. The van der Waals surface area contributed by atoms with Crippen molar-refractivity contribution in [1.29, 1.82) is 5.53 Å². The molecule has 2 amide bonds. The number of nitrogens with two attached hydrogens (primary N) is 1. The Balaban J connectivity index is 1.89. The number of urea groups is 1. The van der Waals surface area contributed by atoms with Crippen LogP contribution in [0.2, 0.25) is 0 Å². The highest BCUT2D eigenvalue weighted by molar-refractivity contribution is 5.90. The van der Waals surface area contributed by atoms with Crippen molar-refractivity contribution >= 4 is 17.6 Å². The highest BCUT2D eigenvalue weighted by atomic mass is 19.4. The summed E-state index contributed by atoms with van der Waals surface area (Å²) in [4.78, 5) is 15.0. The number of nitrogens with one attached hydrogen (secondary N) is 2. The summed E-state index contributed by atoms with van der Waals surface area (Å²) in [7, 11) is 0. The predicted molar refractivity (Wildman–Crippen MR) is 149 cm³/mol. The summed E-state index contributed by atoms with van der Waals surface area (Å²) in [6.45, 7) is 6.41. The maximum absolute atomic E-state index is 13.5. The van der Waals surface area contributed by atoms with Crippen molar-refractivity contribution in [3.63, 3.8) is 0 Å². The van der Waals surface area contributed by atoms with Gasteiger partial charge in [-0.1, -0.05) is 45.0 Å². The zero-order valence-electron chi connectivity index (χ0n) is 24.1. The van der Waals surface area contributed by atoms with Crippen LogP contribution in [0.4, 0.5) is 36.8 Å². The molecule has 14 heteroatoms. The third-order valence-electron chi connectivity index (χ3n) is 7.83. The van der Waals surface area contributed by atoms with E-state index in [2.05, 4.69) is 36.3 Å². The van der Waals surface area contributed by atoms with Crippen LogP contribution in [0.25, 0.3) is 0 Å². The van der Waals surface area contributed by atoms with E-state index in [1.165, 1.54) is 4.90 Å². The number of benzene rings is 2. The van der Waals surface area contributed by atoms with E-state index in [0.717, 1.165) is 12.8 Å². The van der Waals surface area contributed by atoms with E-state index in [0.29, 0.717) is 42.0 Å². The van der Waals surface area contributed by atoms with Crippen LogP contribution in [-0.4, -0.2) is 27.9 Å². The van der Waals surface area contributed by atoms with E-state index in [1.807, 2.05) is 0 Å². The van der Waals surface area contributed by atoms with Gasteiger partial charge >= 0.3 is 18.4 Å². The number of amidine groups is 1. The predicted octanol–water partition coefficient (Wildman–Crippen LogP) is 8.09. The molecule has 1 aliphatic rings. The molecule has 2 aromatic carbocycles. The largest absolute Gasteiger partial charge is 0.416 e. The van der Waals surface area contributed by atoms with Crippen molar-refractivity contribution in [1.82, 2.24) is 4.90 Å². The second-order valence-electron chi connectivity index (χ2n) is 11.8. The summed E-state index contributed by atoms with van der Waals surface area (Å²) in [6, 6.07) is 6.37. The van der Waals surface area contributed by atoms with E-state index < -0.39 is 41.3 Å². The number of aliphatic hydroxyl groups is 1. The Morgan fingerprint density at radius 2 is 1.53 bits per heavy atom. The molecule has 1 aliphatic carbocycles. The first-order valence-electron chi connectivity index (χ1n) is 13.7. The van der Waals surface area contributed by atoms with Gasteiger partial charge in [-0.3, -0.25) is 0 Å². The molecule has 2 aromatic rings. The molecule has 5 N–H and O–H groups in total. The first-order valence-corrected chi connectivity index (χ1v) is 13.7. The third-order valence-corrected chi connectivity index (χ3v) is 7.83. The van der Waals surface area contributed by atoms with Crippen molar-refractivity contribution in [2.45, 2.75) is 83.9 Å². The summed E-state index contributed by atoms with van der Waals surface area (Å²) in [5, 5.41) is 19.2. The zero-order chi connectivity index (χ0) is 32.2. The summed E-state index contributed by atoms with van der Waals surface area (Å²) in [5.74, 6) is 5.47. The Morgan fingerprint density at radius 3 is 1.98 bits per heavy atom. The minimum absolute atomic E-state index is 0.0116. The molecule has 236 valence electrons.